The molecule has 5 nitrogen and oxygen atoms in total. The minimum absolute atomic E-state index is 0.184. The van der Waals surface area contributed by atoms with Gasteiger partial charge < -0.3 is 19.7 Å². The van der Waals surface area contributed by atoms with E-state index < -0.39 is 5.60 Å². The molecular weight excluding hydrogens is 316 g/mol. The van der Waals surface area contributed by atoms with Crippen LogP contribution in [-0.2, 0) is 4.74 Å². The zero-order chi connectivity index (χ0) is 18.4. The van der Waals surface area contributed by atoms with Crippen molar-refractivity contribution < 1.29 is 14.3 Å². The van der Waals surface area contributed by atoms with Gasteiger partial charge in [-0.2, -0.15) is 0 Å². The predicted molar refractivity (Wildman–Crippen MR) is 100.0 cm³/mol. The van der Waals surface area contributed by atoms with Crippen LogP contribution in [0.4, 0.5) is 4.79 Å². The fraction of sp³-hybridized carbons (Fsp3) is 0.650. The Kier molecular flexibility index (Phi) is 6.71. The third-order valence-corrected chi connectivity index (χ3v) is 4.24. The zero-order valence-electron chi connectivity index (χ0n) is 16.2. The lowest BCUT2D eigenvalue weighted by Gasteiger charge is -2.27. The number of carbonyl (C=O) groups is 1. The standard InChI is InChI=1S/C20H32N2O3/c1-15(16-8-6-9-18(14-16)24-5)21-12-7-13-22(17-10-11-17)19(23)25-20(2,3)4/h6,8-9,14-15,17,21H,7,10-13H2,1-5H3. The van der Waals surface area contributed by atoms with Crippen LogP contribution in [0, 0.1) is 0 Å². The van der Waals surface area contributed by atoms with Crippen molar-refractivity contribution in [1.82, 2.24) is 10.2 Å². The van der Waals surface area contributed by atoms with Crippen molar-refractivity contribution in [3.63, 3.8) is 0 Å². The number of methoxy groups -OCH3 is 1. The van der Waals surface area contributed by atoms with E-state index >= 15 is 0 Å². The second kappa shape index (κ2) is 8.56. The summed E-state index contributed by atoms with van der Waals surface area (Å²) in [6, 6.07) is 8.71. The summed E-state index contributed by atoms with van der Waals surface area (Å²) in [5.74, 6) is 0.871. The molecule has 5 heteroatoms. The van der Waals surface area contributed by atoms with Crippen LogP contribution in [0.25, 0.3) is 0 Å². The maximum Gasteiger partial charge on any atom is 0.410 e. The number of carbonyl (C=O) groups excluding carboxylic acids is 1. The van der Waals surface area contributed by atoms with Gasteiger partial charge in [0.2, 0.25) is 0 Å². The summed E-state index contributed by atoms with van der Waals surface area (Å²) in [6.45, 7) is 9.46. The summed E-state index contributed by atoms with van der Waals surface area (Å²) >= 11 is 0. The monoisotopic (exact) mass is 348 g/mol. The Bertz CT molecular complexity index is 564. The molecule has 1 aromatic carbocycles. The van der Waals surface area contributed by atoms with Gasteiger partial charge in [-0.1, -0.05) is 12.1 Å². The smallest absolute Gasteiger partial charge is 0.410 e. The van der Waals surface area contributed by atoms with Gasteiger partial charge in [0, 0.05) is 18.6 Å². The molecule has 0 radical (unpaired) electrons. The van der Waals surface area contributed by atoms with Gasteiger partial charge in [-0.25, -0.2) is 4.79 Å². The summed E-state index contributed by atoms with van der Waals surface area (Å²) in [6.07, 6.45) is 2.90. The van der Waals surface area contributed by atoms with Crippen LogP contribution in [0.2, 0.25) is 0 Å². The molecule has 0 heterocycles. The fourth-order valence-corrected chi connectivity index (χ4v) is 2.73. The van der Waals surface area contributed by atoms with Crippen molar-refractivity contribution in [3.05, 3.63) is 29.8 Å². The zero-order valence-corrected chi connectivity index (χ0v) is 16.2. The Morgan fingerprint density at radius 3 is 2.68 bits per heavy atom. The first-order chi connectivity index (χ1) is 11.8. The summed E-state index contributed by atoms with van der Waals surface area (Å²) in [5, 5.41) is 3.52. The molecule has 140 valence electrons. The first-order valence-electron chi connectivity index (χ1n) is 9.17. The highest BCUT2D eigenvalue weighted by Crippen LogP contribution is 2.28. The normalized spacial score (nSPS) is 15.6. The molecule has 1 N–H and O–H groups in total. The topological polar surface area (TPSA) is 50.8 Å². The Labute approximate surface area is 151 Å². The van der Waals surface area contributed by atoms with E-state index in [2.05, 4.69) is 24.4 Å². The number of hydrogen-bond acceptors (Lipinski definition) is 4. The second-order valence-electron chi connectivity index (χ2n) is 7.71. The minimum atomic E-state index is -0.441. The Morgan fingerprint density at radius 2 is 2.08 bits per heavy atom. The minimum Gasteiger partial charge on any atom is -0.497 e. The van der Waals surface area contributed by atoms with Crippen LogP contribution in [0.15, 0.2) is 24.3 Å². The molecule has 1 aromatic rings. The van der Waals surface area contributed by atoms with E-state index in [1.54, 1.807) is 7.11 Å². The van der Waals surface area contributed by atoms with Crippen LogP contribution >= 0.6 is 0 Å². The van der Waals surface area contributed by atoms with Crippen LogP contribution in [0.3, 0.4) is 0 Å². The summed E-state index contributed by atoms with van der Waals surface area (Å²) in [7, 11) is 1.68. The van der Waals surface area contributed by atoms with Gasteiger partial charge in [-0.3, -0.25) is 0 Å². The fourth-order valence-electron chi connectivity index (χ4n) is 2.73. The maximum absolute atomic E-state index is 12.3. The van der Waals surface area contributed by atoms with Crippen LogP contribution in [0.5, 0.6) is 5.75 Å². The predicted octanol–water partition coefficient (Wildman–Crippen LogP) is 4.14. The van der Waals surface area contributed by atoms with Crippen molar-refractivity contribution in [2.24, 2.45) is 0 Å². The van der Waals surface area contributed by atoms with E-state index in [0.29, 0.717) is 6.04 Å². The van der Waals surface area contributed by atoms with Crippen molar-refractivity contribution in [3.8, 4) is 5.75 Å². The van der Waals surface area contributed by atoms with Gasteiger partial charge in [0.25, 0.3) is 0 Å². The van der Waals surface area contributed by atoms with E-state index in [-0.39, 0.29) is 12.1 Å². The molecular formula is C20H32N2O3. The number of rotatable bonds is 8. The molecule has 1 aliphatic carbocycles. The number of nitrogens with zero attached hydrogens (tertiary/aromatic N) is 1. The molecule has 0 aliphatic heterocycles. The number of nitrogens with one attached hydrogen (secondary N) is 1. The molecule has 25 heavy (non-hydrogen) atoms. The van der Waals surface area contributed by atoms with Crippen molar-refractivity contribution in [2.45, 2.75) is 64.6 Å². The van der Waals surface area contributed by atoms with Gasteiger partial charge in [0.05, 0.1) is 7.11 Å². The molecule has 0 saturated heterocycles. The van der Waals surface area contributed by atoms with Gasteiger partial charge in [0.15, 0.2) is 0 Å². The Morgan fingerprint density at radius 1 is 1.36 bits per heavy atom. The van der Waals surface area contributed by atoms with Crippen LogP contribution in [-0.4, -0.2) is 42.8 Å². The van der Waals surface area contributed by atoms with Crippen molar-refractivity contribution >= 4 is 6.09 Å². The highest BCUT2D eigenvalue weighted by molar-refractivity contribution is 5.69. The summed E-state index contributed by atoms with van der Waals surface area (Å²) in [5.41, 5.74) is 0.758. The van der Waals surface area contributed by atoms with E-state index in [9.17, 15) is 4.79 Å². The average molecular weight is 348 g/mol. The lowest BCUT2D eigenvalue weighted by Crippen LogP contribution is -2.39. The molecule has 1 unspecified atom stereocenters. The second-order valence-corrected chi connectivity index (χ2v) is 7.71. The maximum atomic E-state index is 12.3. The molecule has 1 aliphatic rings. The summed E-state index contributed by atoms with van der Waals surface area (Å²) in [4.78, 5) is 14.2. The lowest BCUT2D eigenvalue weighted by atomic mass is 10.1. The van der Waals surface area contributed by atoms with E-state index in [1.807, 2.05) is 37.8 Å². The molecule has 0 bridgehead atoms. The first-order valence-corrected chi connectivity index (χ1v) is 9.17. The molecule has 1 fully saturated rings. The summed E-state index contributed by atoms with van der Waals surface area (Å²) < 4.78 is 10.8. The van der Waals surface area contributed by atoms with E-state index in [4.69, 9.17) is 9.47 Å². The third-order valence-electron chi connectivity index (χ3n) is 4.24. The van der Waals surface area contributed by atoms with Gasteiger partial charge >= 0.3 is 6.09 Å². The molecule has 1 amide bonds. The molecule has 1 saturated carbocycles. The Hall–Kier alpha value is -1.75. The SMILES string of the molecule is COc1cccc(C(C)NCCCN(C(=O)OC(C)(C)C)C2CC2)c1. The number of amides is 1. The largest absolute Gasteiger partial charge is 0.497 e. The molecule has 0 aromatic heterocycles. The number of hydrogen-bond donors (Lipinski definition) is 1. The number of ether oxygens (including phenoxy) is 2. The van der Waals surface area contributed by atoms with Gasteiger partial charge in [0.1, 0.15) is 11.4 Å². The van der Waals surface area contributed by atoms with Crippen LogP contribution in [0.1, 0.15) is 58.6 Å². The van der Waals surface area contributed by atoms with Crippen molar-refractivity contribution in [2.75, 3.05) is 20.2 Å². The van der Waals surface area contributed by atoms with Crippen LogP contribution < -0.4 is 10.1 Å². The Balaban J connectivity index is 1.77. The molecule has 1 atom stereocenters. The molecule has 2 rings (SSSR count). The highest BCUT2D eigenvalue weighted by atomic mass is 16.6. The first kappa shape index (κ1) is 19.6. The third kappa shape index (κ3) is 6.58. The molecule has 0 spiro atoms. The number of benzene rings is 1. The average Bonchev–Trinajstić information content (AvgIpc) is 3.37. The van der Waals surface area contributed by atoms with E-state index in [1.165, 1.54) is 5.56 Å². The lowest BCUT2D eigenvalue weighted by molar-refractivity contribution is 0.0232. The highest BCUT2D eigenvalue weighted by Gasteiger charge is 2.34. The van der Waals surface area contributed by atoms with Crippen molar-refractivity contribution in [1.29, 1.82) is 0 Å². The van der Waals surface area contributed by atoms with E-state index in [0.717, 1.165) is 38.1 Å². The van der Waals surface area contributed by atoms with Gasteiger partial charge in [-0.15, -0.1) is 0 Å². The quantitative estimate of drug-likeness (QED) is 0.718. The van der Waals surface area contributed by atoms with Gasteiger partial charge in [-0.05, 0) is 71.2 Å².